The lowest BCUT2D eigenvalue weighted by Gasteiger charge is -2.15. The maximum Gasteiger partial charge on any atom is 0.293 e. The van der Waals surface area contributed by atoms with Crippen molar-refractivity contribution < 1.29 is 14.5 Å². The van der Waals surface area contributed by atoms with Crippen molar-refractivity contribution in [1.29, 1.82) is 0 Å². The summed E-state index contributed by atoms with van der Waals surface area (Å²) in [5, 5.41) is 13.8. The summed E-state index contributed by atoms with van der Waals surface area (Å²) in [6.45, 7) is 3.35. The highest BCUT2D eigenvalue weighted by molar-refractivity contribution is 5.96. The molecule has 6 heteroatoms. The highest BCUT2D eigenvalue weighted by Crippen LogP contribution is 2.26. The summed E-state index contributed by atoms with van der Waals surface area (Å²) in [6, 6.07) is 22.0. The number of nitrogens with zero attached hydrogens (tertiary/aromatic N) is 1. The van der Waals surface area contributed by atoms with Gasteiger partial charge in [0, 0.05) is 6.07 Å². The molecule has 0 fully saturated rings. The monoisotopic (exact) mass is 376 g/mol. The van der Waals surface area contributed by atoms with Crippen LogP contribution in [0.1, 0.15) is 12.5 Å². The molecule has 3 aromatic carbocycles. The van der Waals surface area contributed by atoms with Gasteiger partial charge < -0.3 is 10.1 Å². The van der Waals surface area contributed by atoms with Crippen molar-refractivity contribution in [2.75, 3.05) is 5.32 Å². The Bertz CT molecular complexity index is 985. The SMILES string of the molecule is Cc1ccc(NC(=O)[C@@H](C)Oc2ccc(-c3ccccc3)cc2)c([N+](=O)[O-])c1. The van der Waals surface area contributed by atoms with Gasteiger partial charge in [0.2, 0.25) is 0 Å². The molecule has 0 saturated heterocycles. The molecule has 0 aliphatic carbocycles. The molecule has 1 amide bonds. The van der Waals surface area contributed by atoms with Gasteiger partial charge >= 0.3 is 0 Å². The standard InChI is InChI=1S/C22H20N2O4/c1-15-8-13-20(21(14-15)24(26)27)23-22(25)16(2)28-19-11-9-18(10-12-19)17-6-4-3-5-7-17/h3-14,16H,1-2H3,(H,23,25)/t16-/m1/s1. The minimum absolute atomic E-state index is 0.146. The maximum absolute atomic E-state index is 12.4. The number of nitrogens with one attached hydrogen (secondary N) is 1. The molecule has 3 aromatic rings. The molecule has 0 spiro atoms. The second-order valence-electron chi connectivity index (χ2n) is 6.42. The molecule has 142 valence electrons. The van der Waals surface area contributed by atoms with Gasteiger partial charge in [-0.25, -0.2) is 0 Å². The van der Waals surface area contributed by atoms with E-state index in [4.69, 9.17) is 4.74 Å². The summed E-state index contributed by atoms with van der Waals surface area (Å²) in [4.78, 5) is 23.1. The number of amides is 1. The highest BCUT2D eigenvalue weighted by Gasteiger charge is 2.20. The van der Waals surface area contributed by atoms with E-state index in [0.29, 0.717) is 5.75 Å². The van der Waals surface area contributed by atoms with Crippen LogP contribution < -0.4 is 10.1 Å². The summed E-state index contributed by atoms with van der Waals surface area (Å²) in [6.07, 6.45) is -0.816. The van der Waals surface area contributed by atoms with E-state index < -0.39 is 16.9 Å². The van der Waals surface area contributed by atoms with Crippen molar-refractivity contribution in [2.45, 2.75) is 20.0 Å². The lowest BCUT2D eigenvalue weighted by Crippen LogP contribution is -2.30. The van der Waals surface area contributed by atoms with Crippen LogP contribution in [0.3, 0.4) is 0 Å². The van der Waals surface area contributed by atoms with Gasteiger partial charge in [0.1, 0.15) is 11.4 Å². The van der Waals surface area contributed by atoms with E-state index in [0.717, 1.165) is 16.7 Å². The average molecular weight is 376 g/mol. The van der Waals surface area contributed by atoms with Gasteiger partial charge in [-0.1, -0.05) is 48.5 Å². The Kier molecular flexibility index (Phi) is 5.69. The smallest absolute Gasteiger partial charge is 0.293 e. The van der Waals surface area contributed by atoms with Gasteiger partial charge in [-0.05, 0) is 48.7 Å². The first-order valence-electron chi connectivity index (χ1n) is 8.82. The molecule has 0 saturated carbocycles. The topological polar surface area (TPSA) is 81.5 Å². The number of anilines is 1. The van der Waals surface area contributed by atoms with Crippen LogP contribution in [0, 0.1) is 17.0 Å². The predicted molar refractivity (Wildman–Crippen MR) is 108 cm³/mol. The maximum atomic E-state index is 12.4. The van der Waals surface area contributed by atoms with Crippen LogP contribution in [0.15, 0.2) is 72.8 Å². The summed E-state index contributed by atoms with van der Waals surface area (Å²) < 4.78 is 5.68. The van der Waals surface area contributed by atoms with Crippen molar-refractivity contribution in [2.24, 2.45) is 0 Å². The van der Waals surface area contributed by atoms with E-state index in [1.54, 1.807) is 32.0 Å². The second kappa shape index (κ2) is 8.35. The molecule has 1 N–H and O–H groups in total. The summed E-state index contributed by atoms with van der Waals surface area (Å²) in [7, 11) is 0. The zero-order valence-corrected chi connectivity index (χ0v) is 15.6. The molecule has 0 aliphatic heterocycles. The van der Waals surface area contributed by atoms with Gasteiger partial charge in [-0.15, -0.1) is 0 Å². The zero-order chi connectivity index (χ0) is 20.1. The van der Waals surface area contributed by atoms with Gasteiger partial charge in [-0.3, -0.25) is 14.9 Å². The largest absolute Gasteiger partial charge is 0.481 e. The number of ether oxygens (including phenoxy) is 1. The van der Waals surface area contributed by atoms with Crippen LogP contribution >= 0.6 is 0 Å². The van der Waals surface area contributed by atoms with E-state index in [9.17, 15) is 14.9 Å². The molecule has 0 aliphatic rings. The van der Waals surface area contributed by atoms with Crippen LogP contribution in [0.2, 0.25) is 0 Å². The van der Waals surface area contributed by atoms with Crippen molar-refractivity contribution in [3.63, 3.8) is 0 Å². The Labute approximate surface area is 162 Å². The van der Waals surface area contributed by atoms with E-state index in [1.165, 1.54) is 12.1 Å². The fourth-order valence-electron chi connectivity index (χ4n) is 2.75. The summed E-state index contributed by atoms with van der Waals surface area (Å²) >= 11 is 0. The highest BCUT2D eigenvalue weighted by atomic mass is 16.6. The molecule has 0 unspecified atom stereocenters. The van der Waals surface area contributed by atoms with Gasteiger partial charge in [0.25, 0.3) is 11.6 Å². The predicted octanol–water partition coefficient (Wildman–Crippen LogP) is 4.98. The number of benzene rings is 3. The average Bonchev–Trinajstić information content (AvgIpc) is 2.70. The minimum Gasteiger partial charge on any atom is -0.481 e. The van der Waals surface area contributed by atoms with E-state index >= 15 is 0 Å². The third kappa shape index (κ3) is 4.54. The first-order valence-corrected chi connectivity index (χ1v) is 8.82. The van der Waals surface area contributed by atoms with Crippen LogP contribution in [0.5, 0.6) is 5.75 Å². The second-order valence-corrected chi connectivity index (χ2v) is 6.42. The number of carbonyl (C=O) groups is 1. The number of carbonyl (C=O) groups excluding carboxylic acids is 1. The number of nitro groups is 1. The Morgan fingerprint density at radius 3 is 2.29 bits per heavy atom. The minimum atomic E-state index is -0.816. The molecule has 28 heavy (non-hydrogen) atoms. The normalized spacial score (nSPS) is 11.5. The van der Waals surface area contributed by atoms with Crippen LogP contribution in [-0.2, 0) is 4.79 Å². The van der Waals surface area contributed by atoms with Crippen LogP contribution in [0.25, 0.3) is 11.1 Å². The van der Waals surface area contributed by atoms with Crippen molar-refractivity contribution in [1.82, 2.24) is 0 Å². The van der Waals surface area contributed by atoms with Crippen molar-refractivity contribution in [3.05, 3.63) is 88.5 Å². The first-order chi connectivity index (χ1) is 13.4. The molecule has 0 aromatic heterocycles. The first kappa shape index (κ1) is 19.1. The third-order valence-corrected chi connectivity index (χ3v) is 4.25. The van der Waals surface area contributed by atoms with Gasteiger partial charge in [0.15, 0.2) is 6.10 Å². The molecule has 0 heterocycles. The molecule has 3 rings (SSSR count). The molecule has 0 bridgehead atoms. The Morgan fingerprint density at radius 2 is 1.64 bits per heavy atom. The zero-order valence-electron chi connectivity index (χ0n) is 15.6. The van der Waals surface area contributed by atoms with E-state index in [2.05, 4.69) is 5.32 Å². The summed E-state index contributed by atoms with van der Waals surface area (Å²) in [5.41, 5.74) is 2.88. The molecular weight excluding hydrogens is 356 g/mol. The van der Waals surface area contributed by atoms with Gasteiger partial charge in [-0.2, -0.15) is 0 Å². The van der Waals surface area contributed by atoms with Crippen molar-refractivity contribution >= 4 is 17.3 Å². The lowest BCUT2D eigenvalue weighted by molar-refractivity contribution is -0.384. The number of rotatable bonds is 6. The molecular formula is C22H20N2O4. The number of nitro benzene ring substituents is 1. The number of hydrogen-bond donors (Lipinski definition) is 1. The van der Waals surface area contributed by atoms with Gasteiger partial charge in [0.05, 0.1) is 4.92 Å². The summed E-state index contributed by atoms with van der Waals surface area (Å²) in [5.74, 6) is 0.0832. The Hall–Kier alpha value is -3.67. The molecule has 1 atom stereocenters. The van der Waals surface area contributed by atoms with E-state index in [-0.39, 0.29) is 11.4 Å². The molecule has 0 radical (unpaired) electrons. The fourth-order valence-corrected chi connectivity index (χ4v) is 2.75. The van der Waals surface area contributed by atoms with Crippen molar-refractivity contribution in [3.8, 4) is 16.9 Å². The van der Waals surface area contributed by atoms with Crippen LogP contribution in [-0.4, -0.2) is 16.9 Å². The molecule has 6 nitrogen and oxygen atoms in total. The number of aryl methyl sites for hydroxylation is 1. The third-order valence-electron chi connectivity index (χ3n) is 4.25. The van der Waals surface area contributed by atoms with Crippen LogP contribution in [0.4, 0.5) is 11.4 Å². The van der Waals surface area contributed by atoms with E-state index in [1.807, 2.05) is 42.5 Å². The lowest BCUT2D eigenvalue weighted by atomic mass is 10.1. The Balaban J connectivity index is 1.67. The quantitative estimate of drug-likeness (QED) is 0.486. The Morgan fingerprint density at radius 1 is 1.00 bits per heavy atom. The fraction of sp³-hybridized carbons (Fsp3) is 0.136. The number of hydrogen-bond acceptors (Lipinski definition) is 4.